The van der Waals surface area contributed by atoms with Crippen LogP contribution in [0.15, 0.2) is 89.9 Å². The summed E-state index contributed by atoms with van der Waals surface area (Å²) in [6, 6.07) is 26.1. The lowest BCUT2D eigenvalue weighted by atomic mass is 10.2. The van der Waals surface area contributed by atoms with E-state index in [0.717, 1.165) is 23.5 Å². The molecule has 3 aromatic carbocycles. The van der Waals surface area contributed by atoms with E-state index >= 15 is 0 Å². The standard InChI is InChI=1S/C26H25N3O3S/c1-2-17-32-22-15-13-20(14-16-22)27-24(30)18-23-25(31)29(21-11-7-4-8-12-21)26(33-23)28-19-9-5-3-6-10-19/h3-16,23H,2,17-18H2,1H3,(H,27,30)/t23-/m0/s1. The number of amidine groups is 1. The summed E-state index contributed by atoms with van der Waals surface area (Å²) >= 11 is 1.31. The molecule has 1 saturated heterocycles. The van der Waals surface area contributed by atoms with Gasteiger partial charge < -0.3 is 10.1 Å². The Morgan fingerprint density at radius 3 is 2.33 bits per heavy atom. The molecule has 1 N–H and O–H groups in total. The molecule has 6 nitrogen and oxygen atoms in total. The maximum absolute atomic E-state index is 13.3. The summed E-state index contributed by atoms with van der Waals surface area (Å²) in [7, 11) is 0. The number of aliphatic imine (C=N–C) groups is 1. The molecule has 3 aromatic rings. The Balaban J connectivity index is 1.48. The van der Waals surface area contributed by atoms with Crippen LogP contribution in [0.1, 0.15) is 19.8 Å². The number of ether oxygens (including phenoxy) is 1. The third-order valence-electron chi connectivity index (χ3n) is 4.91. The highest BCUT2D eigenvalue weighted by Gasteiger charge is 2.40. The van der Waals surface area contributed by atoms with Crippen molar-refractivity contribution in [1.29, 1.82) is 0 Å². The zero-order chi connectivity index (χ0) is 23.0. The Morgan fingerprint density at radius 2 is 1.67 bits per heavy atom. The van der Waals surface area contributed by atoms with Gasteiger partial charge in [0.1, 0.15) is 11.0 Å². The number of carbonyl (C=O) groups excluding carboxylic acids is 2. The van der Waals surface area contributed by atoms with Gasteiger partial charge >= 0.3 is 0 Å². The number of carbonyl (C=O) groups is 2. The van der Waals surface area contributed by atoms with Crippen LogP contribution < -0.4 is 15.0 Å². The van der Waals surface area contributed by atoms with E-state index in [1.54, 1.807) is 17.0 Å². The normalized spacial score (nSPS) is 16.8. The molecule has 0 aliphatic carbocycles. The van der Waals surface area contributed by atoms with Gasteiger partial charge in [-0.2, -0.15) is 0 Å². The molecular weight excluding hydrogens is 434 g/mol. The molecule has 2 amide bonds. The molecule has 1 aliphatic heterocycles. The van der Waals surface area contributed by atoms with Crippen LogP contribution in [0.4, 0.5) is 17.1 Å². The van der Waals surface area contributed by atoms with Gasteiger partial charge in [-0.3, -0.25) is 14.5 Å². The highest BCUT2D eigenvalue weighted by atomic mass is 32.2. The molecule has 0 bridgehead atoms. The topological polar surface area (TPSA) is 71.0 Å². The molecule has 4 rings (SSSR count). The van der Waals surface area contributed by atoms with E-state index in [1.807, 2.05) is 79.7 Å². The van der Waals surface area contributed by atoms with Crippen LogP contribution in [0.5, 0.6) is 5.75 Å². The van der Waals surface area contributed by atoms with E-state index in [2.05, 4.69) is 10.3 Å². The molecule has 33 heavy (non-hydrogen) atoms. The van der Waals surface area contributed by atoms with Gasteiger partial charge in [0.2, 0.25) is 11.8 Å². The van der Waals surface area contributed by atoms with E-state index < -0.39 is 5.25 Å². The second-order valence-corrected chi connectivity index (χ2v) is 8.64. The fourth-order valence-electron chi connectivity index (χ4n) is 3.34. The Bertz CT molecular complexity index is 1120. The van der Waals surface area contributed by atoms with Crippen molar-refractivity contribution >= 4 is 45.8 Å². The molecule has 1 heterocycles. The van der Waals surface area contributed by atoms with Crippen molar-refractivity contribution in [2.45, 2.75) is 25.0 Å². The first kappa shape index (κ1) is 22.6. The highest BCUT2D eigenvalue weighted by Crippen LogP contribution is 2.35. The average molecular weight is 460 g/mol. The first-order valence-corrected chi connectivity index (χ1v) is 11.7. The lowest BCUT2D eigenvalue weighted by molar-refractivity contribution is -0.121. The minimum absolute atomic E-state index is 0.0503. The SMILES string of the molecule is CCCOc1ccc(NC(=O)C[C@@H]2SC(=Nc3ccccc3)N(c3ccccc3)C2=O)cc1. The Morgan fingerprint density at radius 1 is 1.00 bits per heavy atom. The van der Waals surface area contributed by atoms with Crippen LogP contribution in [0, 0.1) is 0 Å². The summed E-state index contributed by atoms with van der Waals surface area (Å²) in [5.74, 6) is 0.382. The van der Waals surface area contributed by atoms with Gasteiger partial charge in [-0.25, -0.2) is 4.99 Å². The fourth-order valence-corrected chi connectivity index (χ4v) is 4.49. The number of rotatable bonds is 8. The third kappa shape index (κ3) is 5.81. The van der Waals surface area contributed by atoms with Crippen LogP contribution >= 0.6 is 11.8 Å². The summed E-state index contributed by atoms with van der Waals surface area (Å²) in [6.07, 6.45) is 0.982. The molecule has 1 aliphatic rings. The zero-order valence-electron chi connectivity index (χ0n) is 18.3. The van der Waals surface area contributed by atoms with E-state index in [0.29, 0.717) is 17.5 Å². The summed E-state index contributed by atoms with van der Waals surface area (Å²) < 4.78 is 5.57. The average Bonchev–Trinajstić information content (AvgIpc) is 3.14. The summed E-state index contributed by atoms with van der Waals surface area (Å²) in [6.45, 7) is 2.70. The first-order valence-electron chi connectivity index (χ1n) is 10.9. The van der Waals surface area contributed by atoms with Crippen LogP contribution in [0.3, 0.4) is 0 Å². The van der Waals surface area contributed by atoms with Crippen molar-refractivity contribution in [2.24, 2.45) is 4.99 Å². The van der Waals surface area contributed by atoms with Crippen molar-refractivity contribution in [3.63, 3.8) is 0 Å². The van der Waals surface area contributed by atoms with Gasteiger partial charge in [0.25, 0.3) is 0 Å². The second-order valence-electron chi connectivity index (χ2n) is 7.47. The number of benzene rings is 3. The van der Waals surface area contributed by atoms with Crippen LogP contribution in [-0.4, -0.2) is 28.8 Å². The van der Waals surface area contributed by atoms with Gasteiger partial charge in [-0.1, -0.05) is 55.1 Å². The van der Waals surface area contributed by atoms with E-state index in [9.17, 15) is 9.59 Å². The number of anilines is 2. The zero-order valence-corrected chi connectivity index (χ0v) is 19.1. The number of hydrogen-bond donors (Lipinski definition) is 1. The van der Waals surface area contributed by atoms with Crippen molar-refractivity contribution in [1.82, 2.24) is 0 Å². The number of nitrogens with zero attached hydrogens (tertiary/aromatic N) is 2. The molecule has 0 saturated carbocycles. The quantitative estimate of drug-likeness (QED) is 0.473. The Hall–Kier alpha value is -3.58. The fraction of sp³-hybridized carbons (Fsp3) is 0.192. The molecule has 1 fully saturated rings. The van der Waals surface area contributed by atoms with Gasteiger partial charge in [-0.15, -0.1) is 0 Å². The number of para-hydroxylation sites is 2. The predicted octanol–water partition coefficient (Wildman–Crippen LogP) is 5.64. The molecular formula is C26H25N3O3S. The number of thioether (sulfide) groups is 1. The smallest absolute Gasteiger partial charge is 0.247 e. The van der Waals surface area contributed by atoms with Crippen LogP contribution in [-0.2, 0) is 9.59 Å². The lowest BCUT2D eigenvalue weighted by Crippen LogP contribution is -2.33. The van der Waals surface area contributed by atoms with Crippen molar-refractivity contribution < 1.29 is 14.3 Å². The van der Waals surface area contributed by atoms with Crippen LogP contribution in [0.25, 0.3) is 0 Å². The number of hydrogen-bond acceptors (Lipinski definition) is 5. The molecule has 1 atom stereocenters. The minimum atomic E-state index is -0.556. The monoisotopic (exact) mass is 459 g/mol. The molecule has 0 aromatic heterocycles. The maximum atomic E-state index is 13.3. The van der Waals surface area contributed by atoms with Crippen molar-refractivity contribution in [3.05, 3.63) is 84.9 Å². The van der Waals surface area contributed by atoms with Crippen molar-refractivity contribution in [2.75, 3.05) is 16.8 Å². The van der Waals surface area contributed by atoms with Gasteiger partial charge in [0.15, 0.2) is 5.17 Å². The van der Waals surface area contributed by atoms with Gasteiger partial charge in [0.05, 0.1) is 18.0 Å². The summed E-state index contributed by atoms with van der Waals surface area (Å²) in [5.41, 5.74) is 2.15. The Labute approximate surface area is 197 Å². The lowest BCUT2D eigenvalue weighted by Gasteiger charge is -2.16. The number of amides is 2. The Kier molecular flexibility index (Phi) is 7.42. The second kappa shape index (κ2) is 10.8. The largest absolute Gasteiger partial charge is 0.494 e. The van der Waals surface area contributed by atoms with Gasteiger partial charge in [-0.05, 0) is 55.0 Å². The predicted molar refractivity (Wildman–Crippen MR) is 134 cm³/mol. The van der Waals surface area contributed by atoms with Crippen LogP contribution in [0.2, 0.25) is 0 Å². The summed E-state index contributed by atoms with van der Waals surface area (Å²) in [4.78, 5) is 32.3. The summed E-state index contributed by atoms with van der Waals surface area (Å²) in [5, 5.41) is 2.88. The first-order chi connectivity index (χ1) is 16.1. The van der Waals surface area contributed by atoms with E-state index in [1.165, 1.54) is 11.8 Å². The minimum Gasteiger partial charge on any atom is -0.494 e. The van der Waals surface area contributed by atoms with E-state index in [4.69, 9.17) is 4.74 Å². The number of nitrogens with one attached hydrogen (secondary N) is 1. The molecule has 0 spiro atoms. The maximum Gasteiger partial charge on any atom is 0.247 e. The van der Waals surface area contributed by atoms with Crippen molar-refractivity contribution in [3.8, 4) is 5.75 Å². The van der Waals surface area contributed by atoms with Gasteiger partial charge in [0, 0.05) is 12.1 Å². The third-order valence-corrected chi connectivity index (χ3v) is 6.05. The molecule has 7 heteroatoms. The molecule has 0 unspecified atom stereocenters. The molecule has 168 valence electrons. The van der Waals surface area contributed by atoms with E-state index in [-0.39, 0.29) is 18.2 Å². The highest BCUT2D eigenvalue weighted by molar-refractivity contribution is 8.16. The molecule has 0 radical (unpaired) electrons.